The van der Waals surface area contributed by atoms with Gasteiger partial charge in [-0.15, -0.1) is 24.8 Å². The van der Waals surface area contributed by atoms with E-state index in [0.29, 0.717) is 9.86 Å². The van der Waals surface area contributed by atoms with Gasteiger partial charge in [-0.3, -0.25) is 4.79 Å². The fourth-order valence-electron chi connectivity index (χ4n) is 1.67. The van der Waals surface area contributed by atoms with E-state index in [1.165, 1.54) is 18.3 Å². The number of ether oxygens (including phenoxy) is 1. The summed E-state index contributed by atoms with van der Waals surface area (Å²) in [6.45, 7) is 0. The average molecular weight is 357 g/mol. The summed E-state index contributed by atoms with van der Waals surface area (Å²) in [5, 5.41) is 0.319. The Bertz CT molecular complexity index is 639. The SMILES string of the molecule is O=C(CCl)c1c[nH]c2c(OC(F)(F)F)cc(Br)cc12. The lowest BCUT2D eigenvalue weighted by atomic mass is 10.1. The third-order valence-corrected chi connectivity index (χ3v) is 3.07. The Morgan fingerprint density at radius 3 is 2.68 bits per heavy atom. The average Bonchev–Trinajstić information content (AvgIpc) is 2.69. The van der Waals surface area contributed by atoms with Crippen LogP contribution in [0.2, 0.25) is 0 Å². The summed E-state index contributed by atoms with van der Waals surface area (Å²) in [6, 6.07) is 2.69. The first-order chi connectivity index (χ1) is 8.81. The second kappa shape index (κ2) is 5.05. The standard InChI is InChI=1S/C11H6BrClF3NO2/c12-5-1-6-7(8(18)3-13)4-17-10(6)9(2-5)19-11(14,15)16/h1-2,4,17H,3H2. The number of H-pyrrole nitrogens is 1. The van der Waals surface area contributed by atoms with Crippen LogP contribution in [0.25, 0.3) is 10.9 Å². The second-order valence-electron chi connectivity index (χ2n) is 3.63. The summed E-state index contributed by atoms with van der Waals surface area (Å²) in [5.74, 6) is -1.05. The molecule has 0 saturated carbocycles. The van der Waals surface area contributed by atoms with E-state index in [9.17, 15) is 18.0 Å². The number of nitrogens with one attached hydrogen (secondary N) is 1. The highest BCUT2D eigenvalue weighted by Crippen LogP contribution is 2.34. The summed E-state index contributed by atoms with van der Waals surface area (Å²) in [7, 11) is 0. The zero-order valence-corrected chi connectivity index (χ0v) is 11.5. The first kappa shape index (κ1) is 14.2. The topological polar surface area (TPSA) is 42.1 Å². The number of carbonyl (C=O) groups is 1. The maximum Gasteiger partial charge on any atom is 0.573 e. The fourth-order valence-corrected chi connectivity index (χ4v) is 2.25. The van der Waals surface area contributed by atoms with Crippen molar-refractivity contribution in [1.29, 1.82) is 0 Å². The van der Waals surface area contributed by atoms with Gasteiger partial charge in [0, 0.05) is 21.6 Å². The van der Waals surface area contributed by atoms with Crippen molar-refractivity contribution in [3.63, 3.8) is 0 Å². The molecule has 0 aliphatic rings. The van der Waals surface area contributed by atoms with Gasteiger partial charge in [0.15, 0.2) is 11.5 Å². The molecular weight excluding hydrogens is 350 g/mol. The molecule has 0 aliphatic heterocycles. The maximum atomic E-state index is 12.3. The number of ketones is 1. The van der Waals surface area contributed by atoms with Gasteiger partial charge in [0.25, 0.3) is 0 Å². The molecule has 8 heteroatoms. The van der Waals surface area contributed by atoms with E-state index in [2.05, 4.69) is 25.7 Å². The van der Waals surface area contributed by atoms with Crippen LogP contribution in [0.3, 0.4) is 0 Å². The fraction of sp³-hybridized carbons (Fsp3) is 0.182. The smallest absolute Gasteiger partial charge is 0.403 e. The Morgan fingerprint density at radius 2 is 2.11 bits per heavy atom. The first-order valence-electron chi connectivity index (χ1n) is 4.97. The molecule has 0 amide bonds. The van der Waals surface area contributed by atoms with Crippen LogP contribution in [-0.4, -0.2) is 23.0 Å². The van der Waals surface area contributed by atoms with Crippen molar-refractivity contribution in [3.05, 3.63) is 28.4 Å². The van der Waals surface area contributed by atoms with Crippen LogP contribution in [0.4, 0.5) is 13.2 Å². The molecule has 19 heavy (non-hydrogen) atoms. The van der Waals surface area contributed by atoms with E-state index in [-0.39, 0.29) is 22.7 Å². The zero-order chi connectivity index (χ0) is 14.2. The molecule has 102 valence electrons. The highest BCUT2D eigenvalue weighted by molar-refractivity contribution is 9.10. The molecule has 3 nitrogen and oxygen atoms in total. The van der Waals surface area contributed by atoms with Crippen molar-refractivity contribution in [3.8, 4) is 5.75 Å². The van der Waals surface area contributed by atoms with Crippen molar-refractivity contribution >= 4 is 44.2 Å². The Hall–Kier alpha value is -1.21. The van der Waals surface area contributed by atoms with Crippen LogP contribution in [0.15, 0.2) is 22.8 Å². The lowest BCUT2D eigenvalue weighted by Crippen LogP contribution is -2.17. The second-order valence-corrected chi connectivity index (χ2v) is 4.82. The van der Waals surface area contributed by atoms with Gasteiger partial charge in [0.2, 0.25) is 0 Å². The number of carbonyl (C=O) groups excluding carboxylic acids is 1. The number of hydrogen-bond acceptors (Lipinski definition) is 2. The molecule has 0 fully saturated rings. The number of aromatic amines is 1. The van der Waals surface area contributed by atoms with Crippen molar-refractivity contribution in [1.82, 2.24) is 4.98 Å². The lowest BCUT2D eigenvalue weighted by molar-refractivity contribution is -0.274. The van der Waals surface area contributed by atoms with Gasteiger partial charge in [-0.2, -0.15) is 0 Å². The largest absolute Gasteiger partial charge is 0.573 e. The summed E-state index contributed by atoms with van der Waals surface area (Å²) in [6.07, 6.45) is -3.50. The molecule has 0 aliphatic carbocycles. The molecule has 0 bridgehead atoms. The van der Waals surface area contributed by atoms with E-state index >= 15 is 0 Å². The van der Waals surface area contributed by atoms with Gasteiger partial charge in [-0.05, 0) is 12.1 Å². The number of Topliss-reactive ketones (excluding diaryl/α,β-unsaturated/α-hetero) is 1. The molecule has 1 aromatic carbocycles. The number of alkyl halides is 4. The minimum Gasteiger partial charge on any atom is -0.403 e. The quantitative estimate of drug-likeness (QED) is 0.660. The summed E-state index contributed by atoms with van der Waals surface area (Å²) in [5.41, 5.74) is 0.312. The van der Waals surface area contributed by atoms with Crippen LogP contribution < -0.4 is 4.74 Å². The zero-order valence-electron chi connectivity index (χ0n) is 9.15. The van der Waals surface area contributed by atoms with Gasteiger partial charge >= 0.3 is 6.36 Å². The summed E-state index contributed by atoms with van der Waals surface area (Å²) < 4.78 is 41.2. The number of fused-ring (bicyclic) bond motifs is 1. The first-order valence-corrected chi connectivity index (χ1v) is 6.30. The van der Waals surface area contributed by atoms with Crippen LogP contribution in [0, 0.1) is 0 Å². The highest BCUT2D eigenvalue weighted by Gasteiger charge is 2.32. The van der Waals surface area contributed by atoms with Gasteiger partial charge < -0.3 is 9.72 Å². The highest BCUT2D eigenvalue weighted by atomic mass is 79.9. The molecule has 1 aromatic heterocycles. The van der Waals surface area contributed by atoms with Crippen LogP contribution in [-0.2, 0) is 0 Å². The molecular formula is C11H6BrClF3NO2. The predicted octanol–water partition coefficient (Wildman–Crippen LogP) is 4.25. The Morgan fingerprint density at radius 1 is 1.42 bits per heavy atom. The van der Waals surface area contributed by atoms with E-state index in [1.54, 1.807) is 0 Å². The molecule has 1 N–H and O–H groups in total. The van der Waals surface area contributed by atoms with Gasteiger partial charge in [0.05, 0.1) is 11.4 Å². The van der Waals surface area contributed by atoms with Crippen LogP contribution in [0.5, 0.6) is 5.75 Å². The minimum atomic E-state index is -4.81. The van der Waals surface area contributed by atoms with E-state index in [1.807, 2.05) is 0 Å². The molecule has 2 rings (SSSR count). The van der Waals surface area contributed by atoms with Crippen molar-refractivity contribution in [2.45, 2.75) is 6.36 Å². The summed E-state index contributed by atoms with van der Waals surface area (Å²) >= 11 is 8.52. The molecule has 2 aromatic rings. The minimum absolute atomic E-state index is 0.0917. The lowest BCUT2D eigenvalue weighted by Gasteiger charge is -2.10. The van der Waals surface area contributed by atoms with Gasteiger partial charge in [0.1, 0.15) is 0 Å². The normalized spacial score (nSPS) is 11.8. The Kier molecular flexibility index (Phi) is 3.78. The van der Waals surface area contributed by atoms with E-state index in [0.717, 1.165) is 0 Å². The number of halogens is 5. The third-order valence-electron chi connectivity index (χ3n) is 2.37. The maximum absolute atomic E-state index is 12.3. The Balaban J connectivity index is 2.61. The molecule has 0 unspecified atom stereocenters. The molecule has 0 spiro atoms. The summed E-state index contributed by atoms with van der Waals surface area (Å²) in [4.78, 5) is 14.2. The van der Waals surface area contributed by atoms with Crippen molar-refractivity contribution in [2.24, 2.45) is 0 Å². The number of aromatic nitrogens is 1. The van der Waals surface area contributed by atoms with Crippen molar-refractivity contribution < 1.29 is 22.7 Å². The van der Waals surface area contributed by atoms with Gasteiger partial charge in [-0.25, -0.2) is 0 Å². The number of rotatable bonds is 3. The number of benzene rings is 1. The molecule has 0 atom stereocenters. The van der Waals surface area contributed by atoms with E-state index < -0.39 is 12.1 Å². The van der Waals surface area contributed by atoms with Gasteiger partial charge in [-0.1, -0.05) is 15.9 Å². The predicted molar refractivity (Wildman–Crippen MR) is 67.7 cm³/mol. The monoisotopic (exact) mass is 355 g/mol. The van der Waals surface area contributed by atoms with Crippen LogP contribution >= 0.6 is 27.5 Å². The third kappa shape index (κ3) is 3.03. The van der Waals surface area contributed by atoms with E-state index in [4.69, 9.17) is 11.6 Å². The number of hydrogen-bond donors (Lipinski definition) is 1. The Labute approximate surface area is 118 Å². The van der Waals surface area contributed by atoms with Crippen LogP contribution in [0.1, 0.15) is 10.4 Å². The molecule has 0 radical (unpaired) electrons. The molecule has 1 heterocycles. The van der Waals surface area contributed by atoms with Crippen molar-refractivity contribution in [2.75, 3.05) is 5.88 Å². The molecule has 0 saturated heterocycles.